The van der Waals surface area contributed by atoms with Crippen molar-refractivity contribution >= 4 is 21.4 Å². The van der Waals surface area contributed by atoms with Gasteiger partial charge in [0, 0.05) is 24.1 Å². The molecule has 112 valence electrons. The van der Waals surface area contributed by atoms with Crippen molar-refractivity contribution in [2.45, 2.75) is 37.6 Å². The Bertz CT molecular complexity index is 648. The van der Waals surface area contributed by atoms with Gasteiger partial charge in [0.15, 0.2) is 9.84 Å². The average Bonchev–Trinajstić information content (AvgIpc) is 2.29. The molecule has 0 N–H and O–H groups in total. The van der Waals surface area contributed by atoms with Crippen molar-refractivity contribution in [3.63, 3.8) is 0 Å². The predicted molar refractivity (Wildman–Crippen MR) is 73.6 cm³/mol. The Kier molecular flexibility index (Phi) is 3.62. The second kappa shape index (κ2) is 4.63. The zero-order valence-corrected chi connectivity index (χ0v) is 13.0. The Morgan fingerprint density at radius 1 is 1.45 bits per heavy atom. The van der Waals surface area contributed by atoms with Crippen LogP contribution < -0.4 is 0 Å². The lowest BCUT2D eigenvalue weighted by atomic mass is 9.78. The van der Waals surface area contributed by atoms with E-state index < -0.39 is 32.1 Å². The fraction of sp³-hybridized carbons (Fsp3) is 0.615. The molecule has 1 aromatic heterocycles. The van der Waals surface area contributed by atoms with Gasteiger partial charge < -0.3 is 0 Å². The first-order valence-corrected chi connectivity index (χ1v) is 8.25. The molecule has 0 amide bonds. The Hall–Kier alpha value is -0.750. The molecule has 0 saturated carbocycles. The number of alkyl halides is 1. The lowest BCUT2D eigenvalue weighted by molar-refractivity contribution is 0.0627. The van der Waals surface area contributed by atoms with Gasteiger partial charge in [-0.05, 0) is 19.9 Å². The van der Waals surface area contributed by atoms with Gasteiger partial charge in [-0.25, -0.2) is 17.8 Å². The monoisotopic (exact) mass is 323 g/mol. The van der Waals surface area contributed by atoms with E-state index in [1.165, 1.54) is 26.8 Å². The summed E-state index contributed by atoms with van der Waals surface area (Å²) in [6.07, 6.45) is 0.779. The van der Waals surface area contributed by atoms with Crippen molar-refractivity contribution < 1.29 is 17.2 Å². The number of nitrogens with zero attached hydrogens (tertiary/aromatic N) is 1. The molecule has 20 heavy (non-hydrogen) atoms. The van der Waals surface area contributed by atoms with E-state index in [1.807, 2.05) is 0 Å². The maximum absolute atomic E-state index is 15.4. The summed E-state index contributed by atoms with van der Waals surface area (Å²) >= 11 is 5.76. The highest BCUT2D eigenvalue weighted by atomic mass is 35.5. The van der Waals surface area contributed by atoms with Crippen LogP contribution in [0.3, 0.4) is 0 Å². The smallest absolute Gasteiger partial charge is 0.219 e. The van der Waals surface area contributed by atoms with Crippen LogP contribution in [0.15, 0.2) is 12.3 Å². The summed E-state index contributed by atoms with van der Waals surface area (Å²) in [5, 5.41) is 0.122. The Balaban J connectivity index is 2.57. The van der Waals surface area contributed by atoms with Crippen molar-refractivity contribution in [3.8, 4) is 0 Å². The first kappa shape index (κ1) is 15.6. The van der Waals surface area contributed by atoms with Gasteiger partial charge in [0.2, 0.25) is 5.95 Å². The number of halogens is 3. The first-order valence-electron chi connectivity index (χ1n) is 6.22. The molecule has 0 radical (unpaired) electrons. The molecule has 2 unspecified atom stereocenters. The molecule has 1 aromatic rings. The summed E-state index contributed by atoms with van der Waals surface area (Å²) in [6, 6.07) is 1.19. The van der Waals surface area contributed by atoms with E-state index in [9.17, 15) is 12.8 Å². The molecule has 0 aliphatic carbocycles. The van der Waals surface area contributed by atoms with Crippen molar-refractivity contribution in [1.29, 1.82) is 0 Å². The summed E-state index contributed by atoms with van der Waals surface area (Å²) < 4.78 is 52.1. The summed E-state index contributed by atoms with van der Waals surface area (Å²) in [7, 11) is -3.43. The summed E-state index contributed by atoms with van der Waals surface area (Å²) in [4.78, 5) is 3.43. The molecule has 2 heterocycles. The van der Waals surface area contributed by atoms with Gasteiger partial charge in [0.25, 0.3) is 0 Å². The molecule has 1 saturated heterocycles. The minimum atomic E-state index is -3.43. The third kappa shape index (κ3) is 2.33. The molecule has 1 fully saturated rings. The SMILES string of the molecule is CC1CS(=O)(=O)C(C)(C)CC1(F)c1cc(Cl)cnc1F. The number of rotatable bonds is 1. The normalized spacial score (nSPS) is 32.0. The van der Waals surface area contributed by atoms with Gasteiger partial charge in [-0.2, -0.15) is 4.39 Å². The molecule has 7 heteroatoms. The Morgan fingerprint density at radius 2 is 2.05 bits per heavy atom. The van der Waals surface area contributed by atoms with Gasteiger partial charge in [0.05, 0.1) is 15.5 Å². The molecule has 0 spiro atoms. The largest absolute Gasteiger partial charge is 0.238 e. The fourth-order valence-corrected chi connectivity index (χ4v) is 4.63. The molecule has 1 aliphatic heterocycles. The standard InChI is InChI=1S/C13H16ClF2NO2S/c1-8-6-20(18,19)12(2,3)7-13(8,16)10-4-9(14)5-17-11(10)15/h4-5,8H,6-7H2,1-3H3. The van der Waals surface area contributed by atoms with Crippen molar-refractivity contribution in [1.82, 2.24) is 4.98 Å². The van der Waals surface area contributed by atoms with E-state index in [-0.39, 0.29) is 22.8 Å². The number of hydrogen-bond donors (Lipinski definition) is 0. The van der Waals surface area contributed by atoms with Crippen molar-refractivity contribution in [3.05, 3.63) is 28.8 Å². The number of aromatic nitrogens is 1. The van der Waals surface area contributed by atoms with Crippen LogP contribution in [0.25, 0.3) is 0 Å². The second-order valence-corrected chi connectivity index (χ2v) is 9.08. The highest BCUT2D eigenvalue weighted by Gasteiger charge is 2.55. The molecular weight excluding hydrogens is 308 g/mol. The number of hydrogen-bond acceptors (Lipinski definition) is 3. The zero-order chi connectivity index (χ0) is 15.3. The summed E-state index contributed by atoms with van der Waals surface area (Å²) in [5.74, 6) is -2.14. The lowest BCUT2D eigenvalue weighted by Gasteiger charge is -2.43. The van der Waals surface area contributed by atoms with Crippen LogP contribution in [-0.4, -0.2) is 23.9 Å². The van der Waals surface area contributed by atoms with Gasteiger partial charge >= 0.3 is 0 Å². The fourth-order valence-electron chi connectivity index (χ4n) is 2.67. The molecule has 3 nitrogen and oxygen atoms in total. The number of pyridine rings is 1. The second-order valence-electron chi connectivity index (χ2n) is 5.97. The minimum absolute atomic E-state index is 0.122. The highest BCUT2D eigenvalue weighted by molar-refractivity contribution is 7.92. The molecule has 0 aromatic carbocycles. The third-order valence-corrected chi connectivity index (χ3v) is 7.00. The molecule has 2 rings (SSSR count). The van der Waals surface area contributed by atoms with E-state index >= 15 is 4.39 Å². The van der Waals surface area contributed by atoms with E-state index in [2.05, 4.69) is 4.98 Å². The average molecular weight is 324 g/mol. The summed E-state index contributed by atoms with van der Waals surface area (Å²) in [5.41, 5.74) is -2.36. The van der Waals surface area contributed by atoms with Crippen LogP contribution in [0.4, 0.5) is 8.78 Å². The van der Waals surface area contributed by atoms with E-state index in [4.69, 9.17) is 11.6 Å². The van der Waals surface area contributed by atoms with Crippen molar-refractivity contribution in [2.24, 2.45) is 5.92 Å². The van der Waals surface area contributed by atoms with Crippen LogP contribution in [0.1, 0.15) is 32.8 Å². The van der Waals surface area contributed by atoms with Crippen LogP contribution in [0.5, 0.6) is 0 Å². The summed E-state index contributed by atoms with van der Waals surface area (Å²) in [6.45, 7) is 4.38. The topological polar surface area (TPSA) is 47.0 Å². The number of sulfone groups is 1. The molecule has 1 aliphatic rings. The molecule has 0 bridgehead atoms. The first-order chi connectivity index (χ1) is 8.99. The minimum Gasteiger partial charge on any atom is -0.238 e. The van der Waals surface area contributed by atoms with Crippen LogP contribution in [-0.2, 0) is 15.5 Å². The lowest BCUT2D eigenvalue weighted by Crippen LogP contribution is -2.51. The highest BCUT2D eigenvalue weighted by Crippen LogP contribution is 2.49. The van der Waals surface area contributed by atoms with Crippen LogP contribution in [0, 0.1) is 11.9 Å². The van der Waals surface area contributed by atoms with Gasteiger partial charge in [-0.3, -0.25) is 0 Å². The van der Waals surface area contributed by atoms with Crippen molar-refractivity contribution in [2.75, 3.05) is 5.75 Å². The molecule has 2 atom stereocenters. The third-order valence-electron chi connectivity index (χ3n) is 4.03. The molecular formula is C13H16ClF2NO2S. The van der Waals surface area contributed by atoms with E-state index in [1.54, 1.807) is 0 Å². The maximum Gasteiger partial charge on any atom is 0.219 e. The quantitative estimate of drug-likeness (QED) is 0.745. The van der Waals surface area contributed by atoms with E-state index in [0.717, 1.165) is 6.20 Å². The van der Waals surface area contributed by atoms with Gasteiger partial charge in [-0.15, -0.1) is 0 Å². The Morgan fingerprint density at radius 3 is 2.65 bits per heavy atom. The Labute approximate surface area is 122 Å². The van der Waals surface area contributed by atoms with Crippen LogP contribution in [0.2, 0.25) is 5.02 Å². The zero-order valence-electron chi connectivity index (χ0n) is 11.5. The van der Waals surface area contributed by atoms with Gasteiger partial charge in [0.1, 0.15) is 5.67 Å². The van der Waals surface area contributed by atoms with Gasteiger partial charge in [-0.1, -0.05) is 18.5 Å². The van der Waals surface area contributed by atoms with Crippen LogP contribution >= 0.6 is 11.6 Å². The maximum atomic E-state index is 15.4. The van der Waals surface area contributed by atoms with E-state index in [0.29, 0.717) is 0 Å². The predicted octanol–water partition coefficient (Wildman–Crippen LogP) is 3.27.